The van der Waals surface area contributed by atoms with Crippen LogP contribution in [0.4, 0.5) is 10.1 Å². The molecular formula is C16H13FN2O2S. The number of amides is 1. The third kappa shape index (κ3) is 2.65. The van der Waals surface area contributed by atoms with Crippen molar-refractivity contribution in [2.24, 2.45) is 0 Å². The molecule has 4 nitrogen and oxygen atoms in total. The van der Waals surface area contributed by atoms with E-state index in [0.717, 1.165) is 23.6 Å². The second-order valence-electron chi connectivity index (χ2n) is 4.77. The smallest absolute Gasteiger partial charge is 0.257 e. The van der Waals surface area contributed by atoms with Crippen molar-refractivity contribution >= 4 is 34.0 Å². The summed E-state index contributed by atoms with van der Waals surface area (Å²) < 4.78 is 14.7. The van der Waals surface area contributed by atoms with E-state index >= 15 is 0 Å². The summed E-state index contributed by atoms with van der Waals surface area (Å²) in [7, 11) is 0. The Morgan fingerprint density at radius 1 is 1.23 bits per heavy atom. The highest BCUT2D eigenvalue weighted by atomic mass is 32.1. The van der Waals surface area contributed by atoms with Crippen LogP contribution in [0.3, 0.4) is 0 Å². The van der Waals surface area contributed by atoms with E-state index in [9.17, 15) is 14.0 Å². The fourth-order valence-electron chi connectivity index (χ4n) is 2.23. The SMILES string of the molecule is CCn1sc(=O)c2cc(NC(=O)c3ccc(F)cc3)ccc21. The van der Waals surface area contributed by atoms with Gasteiger partial charge in [0.05, 0.1) is 10.9 Å². The summed E-state index contributed by atoms with van der Waals surface area (Å²) in [5.41, 5.74) is 1.76. The van der Waals surface area contributed by atoms with E-state index in [1.54, 1.807) is 12.1 Å². The summed E-state index contributed by atoms with van der Waals surface area (Å²) in [6.45, 7) is 2.70. The van der Waals surface area contributed by atoms with Gasteiger partial charge >= 0.3 is 0 Å². The third-order valence-electron chi connectivity index (χ3n) is 3.33. The molecule has 2 aromatic carbocycles. The second-order valence-corrected chi connectivity index (χ2v) is 5.76. The number of benzene rings is 2. The first-order valence-electron chi connectivity index (χ1n) is 6.79. The van der Waals surface area contributed by atoms with Gasteiger partial charge in [0.1, 0.15) is 5.82 Å². The first kappa shape index (κ1) is 14.5. The molecule has 0 unspecified atom stereocenters. The topological polar surface area (TPSA) is 51.1 Å². The number of hydrogen-bond donors (Lipinski definition) is 1. The van der Waals surface area contributed by atoms with Crippen LogP contribution in [0.15, 0.2) is 47.3 Å². The monoisotopic (exact) mass is 316 g/mol. The number of rotatable bonds is 3. The number of fused-ring (bicyclic) bond motifs is 1. The molecule has 1 N–H and O–H groups in total. The first-order chi connectivity index (χ1) is 10.6. The largest absolute Gasteiger partial charge is 0.322 e. The number of aromatic nitrogens is 1. The fourth-order valence-corrected chi connectivity index (χ4v) is 3.08. The van der Waals surface area contributed by atoms with Crippen molar-refractivity contribution in [2.75, 3.05) is 5.32 Å². The Bertz CT molecular complexity index is 897. The van der Waals surface area contributed by atoms with E-state index < -0.39 is 5.82 Å². The Balaban J connectivity index is 1.91. The van der Waals surface area contributed by atoms with Crippen LogP contribution in [0.2, 0.25) is 0 Å². The number of halogens is 1. The Labute approximate surface area is 130 Å². The summed E-state index contributed by atoms with van der Waals surface area (Å²) in [6, 6.07) is 10.5. The van der Waals surface area contributed by atoms with Crippen LogP contribution < -0.4 is 10.1 Å². The number of hydrogen-bond acceptors (Lipinski definition) is 3. The van der Waals surface area contributed by atoms with Crippen molar-refractivity contribution in [2.45, 2.75) is 13.5 Å². The molecule has 1 amide bonds. The normalized spacial score (nSPS) is 10.8. The van der Waals surface area contributed by atoms with Crippen LogP contribution >= 0.6 is 11.5 Å². The summed E-state index contributed by atoms with van der Waals surface area (Å²) in [4.78, 5) is 24.0. The highest BCUT2D eigenvalue weighted by Gasteiger charge is 2.10. The van der Waals surface area contributed by atoms with Crippen molar-refractivity contribution in [3.8, 4) is 0 Å². The van der Waals surface area contributed by atoms with Crippen molar-refractivity contribution in [1.82, 2.24) is 3.96 Å². The van der Waals surface area contributed by atoms with Crippen LogP contribution in [0.1, 0.15) is 17.3 Å². The molecule has 1 heterocycles. The van der Waals surface area contributed by atoms with Gasteiger partial charge < -0.3 is 5.32 Å². The van der Waals surface area contributed by atoms with Crippen LogP contribution in [0, 0.1) is 5.82 Å². The van der Waals surface area contributed by atoms with Crippen LogP contribution in [0.25, 0.3) is 10.9 Å². The molecule has 0 saturated carbocycles. The molecule has 3 aromatic rings. The second kappa shape index (κ2) is 5.73. The number of carbonyl (C=O) groups excluding carboxylic acids is 1. The molecule has 0 aliphatic heterocycles. The maximum Gasteiger partial charge on any atom is 0.257 e. The molecule has 0 spiro atoms. The Hall–Kier alpha value is -2.47. The van der Waals surface area contributed by atoms with Gasteiger partial charge in [0, 0.05) is 17.8 Å². The van der Waals surface area contributed by atoms with E-state index in [1.807, 2.05) is 16.9 Å². The minimum absolute atomic E-state index is 0.0327. The number of anilines is 1. The lowest BCUT2D eigenvalue weighted by molar-refractivity contribution is 0.102. The molecule has 0 bridgehead atoms. The quantitative estimate of drug-likeness (QED) is 0.804. The standard InChI is InChI=1S/C16H13FN2O2S/c1-2-19-14-8-7-12(9-13(14)16(21)22-19)18-15(20)10-3-5-11(17)6-4-10/h3-9H,2H2,1H3,(H,18,20). The Kier molecular flexibility index (Phi) is 3.77. The zero-order chi connectivity index (χ0) is 15.7. The van der Waals surface area contributed by atoms with Crippen molar-refractivity contribution in [3.63, 3.8) is 0 Å². The molecule has 3 rings (SSSR count). The van der Waals surface area contributed by atoms with Gasteiger partial charge in [-0.15, -0.1) is 0 Å². The van der Waals surface area contributed by atoms with Crippen molar-refractivity contribution < 1.29 is 9.18 Å². The lowest BCUT2D eigenvalue weighted by Gasteiger charge is -2.06. The van der Waals surface area contributed by atoms with E-state index in [1.165, 1.54) is 24.3 Å². The van der Waals surface area contributed by atoms with Crippen LogP contribution in [-0.2, 0) is 6.54 Å². The van der Waals surface area contributed by atoms with Gasteiger partial charge in [-0.25, -0.2) is 4.39 Å². The molecule has 1 aromatic heterocycles. The number of carbonyl (C=O) groups is 1. The average Bonchev–Trinajstić information content (AvgIpc) is 2.84. The van der Waals surface area contributed by atoms with Gasteiger partial charge in [0.2, 0.25) is 0 Å². The number of nitrogens with one attached hydrogen (secondary N) is 1. The lowest BCUT2D eigenvalue weighted by atomic mass is 10.2. The molecule has 6 heteroatoms. The molecule has 0 aliphatic rings. The molecule has 0 saturated heterocycles. The van der Waals surface area contributed by atoms with E-state index in [0.29, 0.717) is 16.6 Å². The van der Waals surface area contributed by atoms with E-state index in [-0.39, 0.29) is 10.6 Å². The zero-order valence-corrected chi connectivity index (χ0v) is 12.6. The molecule has 0 fully saturated rings. The molecule has 0 atom stereocenters. The van der Waals surface area contributed by atoms with Gasteiger partial charge in [-0.3, -0.25) is 13.5 Å². The lowest BCUT2D eigenvalue weighted by Crippen LogP contribution is -2.11. The van der Waals surface area contributed by atoms with Crippen molar-refractivity contribution in [1.29, 1.82) is 0 Å². The van der Waals surface area contributed by atoms with E-state index in [2.05, 4.69) is 5.32 Å². The predicted molar refractivity (Wildman–Crippen MR) is 86.1 cm³/mol. The summed E-state index contributed by atoms with van der Waals surface area (Å²) in [5, 5.41) is 3.31. The minimum atomic E-state index is -0.392. The van der Waals surface area contributed by atoms with Gasteiger partial charge in [-0.05, 0) is 60.9 Å². The molecule has 112 valence electrons. The van der Waals surface area contributed by atoms with Gasteiger partial charge in [0.15, 0.2) is 0 Å². The van der Waals surface area contributed by atoms with Gasteiger partial charge in [-0.2, -0.15) is 0 Å². The number of aryl methyl sites for hydroxylation is 1. The fraction of sp³-hybridized carbons (Fsp3) is 0.125. The molecular weight excluding hydrogens is 303 g/mol. The summed E-state index contributed by atoms with van der Waals surface area (Å²) in [5.74, 6) is -0.734. The zero-order valence-electron chi connectivity index (χ0n) is 11.8. The van der Waals surface area contributed by atoms with Gasteiger partial charge in [0.25, 0.3) is 10.6 Å². The summed E-state index contributed by atoms with van der Waals surface area (Å²) >= 11 is 1.16. The van der Waals surface area contributed by atoms with Crippen LogP contribution in [0.5, 0.6) is 0 Å². The predicted octanol–water partition coefficient (Wildman–Crippen LogP) is 3.47. The highest BCUT2D eigenvalue weighted by molar-refractivity contribution is 7.05. The molecule has 22 heavy (non-hydrogen) atoms. The first-order valence-corrected chi connectivity index (χ1v) is 7.56. The van der Waals surface area contributed by atoms with Gasteiger partial charge in [-0.1, -0.05) is 0 Å². The summed E-state index contributed by atoms with van der Waals surface area (Å²) in [6.07, 6.45) is 0. The van der Waals surface area contributed by atoms with Crippen molar-refractivity contribution in [3.05, 3.63) is 63.4 Å². The highest BCUT2D eigenvalue weighted by Crippen LogP contribution is 2.20. The minimum Gasteiger partial charge on any atom is -0.322 e. The van der Waals surface area contributed by atoms with E-state index in [4.69, 9.17) is 0 Å². The average molecular weight is 316 g/mol. The molecule has 0 aliphatic carbocycles. The molecule has 0 radical (unpaired) electrons. The Morgan fingerprint density at radius 3 is 2.64 bits per heavy atom. The third-order valence-corrected chi connectivity index (χ3v) is 4.39. The number of nitrogens with zero attached hydrogens (tertiary/aromatic N) is 1. The Morgan fingerprint density at radius 2 is 1.95 bits per heavy atom. The maximum absolute atomic E-state index is 12.9. The maximum atomic E-state index is 12.9. The van der Waals surface area contributed by atoms with Crippen LogP contribution in [-0.4, -0.2) is 9.86 Å².